The van der Waals surface area contributed by atoms with Crippen LogP contribution in [0.15, 0.2) is 24.3 Å². The van der Waals surface area contributed by atoms with Crippen LogP contribution in [-0.2, 0) is 6.42 Å². The first-order valence-corrected chi connectivity index (χ1v) is 8.19. The molecule has 2 N–H and O–H groups in total. The van der Waals surface area contributed by atoms with Crippen molar-refractivity contribution in [2.75, 3.05) is 19.7 Å². The summed E-state index contributed by atoms with van der Waals surface area (Å²) < 4.78 is 0. The average molecular weight is 325 g/mol. The summed E-state index contributed by atoms with van der Waals surface area (Å²) in [6.45, 7) is 5.61. The van der Waals surface area contributed by atoms with Crippen molar-refractivity contribution in [1.29, 1.82) is 0 Å². The molecule has 4 nitrogen and oxygen atoms in total. The first-order valence-electron chi connectivity index (χ1n) is 7.81. The summed E-state index contributed by atoms with van der Waals surface area (Å²) in [4.78, 5) is 14.0. The molecule has 5 heteroatoms. The Labute approximate surface area is 137 Å². The van der Waals surface area contributed by atoms with Crippen LogP contribution in [0.4, 0.5) is 4.79 Å². The molecule has 1 atom stereocenters. The zero-order chi connectivity index (χ0) is 16.2. The van der Waals surface area contributed by atoms with Gasteiger partial charge in [-0.1, -0.05) is 37.6 Å². The van der Waals surface area contributed by atoms with Crippen LogP contribution in [0.3, 0.4) is 0 Å². The lowest BCUT2D eigenvalue weighted by molar-refractivity contribution is 0.154. The molecule has 0 spiro atoms. The van der Waals surface area contributed by atoms with E-state index in [1.165, 1.54) is 5.56 Å². The van der Waals surface area contributed by atoms with Gasteiger partial charge in [-0.15, -0.1) is 0 Å². The van der Waals surface area contributed by atoms with E-state index in [-0.39, 0.29) is 24.1 Å². The van der Waals surface area contributed by atoms with Gasteiger partial charge < -0.3 is 15.3 Å². The van der Waals surface area contributed by atoms with Gasteiger partial charge in [0.25, 0.3) is 0 Å². The predicted molar refractivity (Wildman–Crippen MR) is 89.1 cm³/mol. The number of carbonyl (C=O) groups excluding carboxylic acids is 1. The zero-order valence-electron chi connectivity index (χ0n) is 13.3. The van der Waals surface area contributed by atoms with Gasteiger partial charge in [0.15, 0.2) is 0 Å². The van der Waals surface area contributed by atoms with Crippen molar-refractivity contribution in [2.24, 2.45) is 5.41 Å². The van der Waals surface area contributed by atoms with Crippen molar-refractivity contribution >= 4 is 17.6 Å². The number of amides is 2. The minimum absolute atomic E-state index is 0.0314. The summed E-state index contributed by atoms with van der Waals surface area (Å²) in [5.41, 5.74) is 1.11. The molecule has 0 radical (unpaired) electrons. The van der Waals surface area contributed by atoms with Crippen molar-refractivity contribution in [3.63, 3.8) is 0 Å². The molecule has 1 aliphatic rings. The number of hydrogen-bond acceptors (Lipinski definition) is 2. The Hall–Kier alpha value is -1.26. The number of halogens is 1. The van der Waals surface area contributed by atoms with E-state index in [4.69, 9.17) is 11.6 Å². The van der Waals surface area contributed by atoms with Crippen LogP contribution >= 0.6 is 11.6 Å². The highest BCUT2D eigenvalue weighted by Crippen LogP contribution is 2.23. The summed E-state index contributed by atoms with van der Waals surface area (Å²) in [7, 11) is 0. The lowest BCUT2D eigenvalue weighted by atomic mass is 9.86. The number of carbonyl (C=O) groups is 1. The maximum Gasteiger partial charge on any atom is 0.317 e. The third-order valence-corrected chi connectivity index (χ3v) is 4.37. The largest absolute Gasteiger partial charge is 0.394 e. The van der Waals surface area contributed by atoms with Gasteiger partial charge in [-0.3, -0.25) is 0 Å². The van der Waals surface area contributed by atoms with Crippen molar-refractivity contribution in [2.45, 2.75) is 39.2 Å². The number of hydrogen-bond donors (Lipinski definition) is 2. The van der Waals surface area contributed by atoms with Crippen LogP contribution in [0.25, 0.3) is 0 Å². The number of benzene rings is 1. The van der Waals surface area contributed by atoms with E-state index in [1.807, 2.05) is 18.2 Å². The van der Waals surface area contributed by atoms with E-state index in [0.29, 0.717) is 6.54 Å². The minimum Gasteiger partial charge on any atom is -0.394 e. The first kappa shape index (κ1) is 17.1. The van der Waals surface area contributed by atoms with Gasteiger partial charge in [0.2, 0.25) is 0 Å². The molecular weight excluding hydrogens is 300 g/mol. The summed E-state index contributed by atoms with van der Waals surface area (Å²) in [6.07, 6.45) is 2.69. The Morgan fingerprint density at radius 3 is 2.95 bits per heavy atom. The predicted octanol–water partition coefficient (Wildman–Crippen LogP) is 3.08. The van der Waals surface area contributed by atoms with E-state index < -0.39 is 0 Å². The number of aliphatic hydroxyl groups is 1. The number of aliphatic hydroxyl groups excluding tert-OH is 1. The minimum atomic E-state index is -0.0734. The maximum atomic E-state index is 12.3. The first-order chi connectivity index (χ1) is 10.4. The van der Waals surface area contributed by atoms with Gasteiger partial charge in [-0.05, 0) is 42.4 Å². The maximum absolute atomic E-state index is 12.3. The monoisotopic (exact) mass is 324 g/mol. The molecular formula is C17H25ClN2O2. The molecule has 1 fully saturated rings. The van der Waals surface area contributed by atoms with Crippen molar-refractivity contribution < 1.29 is 9.90 Å². The Morgan fingerprint density at radius 1 is 1.50 bits per heavy atom. The van der Waals surface area contributed by atoms with Crippen LogP contribution in [0.1, 0.15) is 32.3 Å². The molecule has 0 bridgehead atoms. The Bertz CT molecular complexity index is 519. The van der Waals surface area contributed by atoms with E-state index in [2.05, 4.69) is 25.2 Å². The van der Waals surface area contributed by atoms with Crippen molar-refractivity contribution in [1.82, 2.24) is 10.2 Å². The smallest absolute Gasteiger partial charge is 0.317 e. The van der Waals surface area contributed by atoms with Gasteiger partial charge in [0.05, 0.1) is 12.6 Å². The lowest BCUT2D eigenvalue weighted by Crippen LogP contribution is -2.47. The fourth-order valence-electron chi connectivity index (χ4n) is 2.97. The van der Waals surface area contributed by atoms with Crippen molar-refractivity contribution in [3.8, 4) is 0 Å². The Kier molecular flexibility index (Phi) is 5.70. The van der Waals surface area contributed by atoms with Crippen LogP contribution in [0.5, 0.6) is 0 Å². The molecule has 1 unspecified atom stereocenters. The summed E-state index contributed by atoms with van der Waals surface area (Å²) >= 11 is 6.02. The second-order valence-electron chi connectivity index (χ2n) is 6.80. The number of nitrogens with one attached hydrogen (secondary N) is 1. The second-order valence-corrected chi connectivity index (χ2v) is 7.24. The number of urea groups is 1. The van der Waals surface area contributed by atoms with Crippen LogP contribution in [-0.4, -0.2) is 41.8 Å². The SMILES string of the molecule is CC(C)(CNC(=O)N1CCCC1CO)Cc1cccc(Cl)c1. The topological polar surface area (TPSA) is 52.6 Å². The van der Waals surface area contributed by atoms with Gasteiger partial charge in [0, 0.05) is 18.1 Å². The van der Waals surface area contributed by atoms with Gasteiger partial charge in [-0.2, -0.15) is 0 Å². The zero-order valence-corrected chi connectivity index (χ0v) is 14.1. The van der Waals surface area contributed by atoms with E-state index in [9.17, 15) is 9.90 Å². The van der Waals surface area contributed by atoms with Gasteiger partial charge in [-0.25, -0.2) is 4.79 Å². The van der Waals surface area contributed by atoms with E-state index >= 15 is 0 Å². The highest BCUT2D eigenvalue weighted by atomic mass is 35.5. The third kappa shape index (κ3) is 4.62. The quantitative estimate of drug-likeness (QED) is 0.874. The standard InChI is InChI=1S/C17H25ClN2O2/c1-17(2,10-13-5-3-6-14(18)9-13)12-19-16(22)20-8-4-7-15(20)11-21/h3,5-6,9,15,21H,4,7-8,10-12H2,1-2H3,(H,19,22). The molecule has 0 saturated carbocycles. The fourth-order valence-corrected chi connectivity index (χ4v) is 3.18. The number of nitrogens with zero attached hydrogens (tertiary/aromatic N) is 1. The van der Waals surface area contributed by atoms with E-state index in [0.717, 1.165) is 30.8 Å². The summed E-state index contributed by atoms with van der Waals surface area (Å²) in [5.74, 6) is 0. The molecule has 2 amide bonds. The lowest BCUT2D eigenvalue weighted by Gasteiger charge is -2.29. The molecule has 122 valence electrons. The molecule has 22 heavy (non-hydrogen) atoms. The number of likely N-dealkylation sites (tertiary alicyclic amines) is 1. The van der Waals surface area contributed by atoms with Crippen LogP contribution in [0.2, 0.25) is 5.02 Å². The molecule has 2 rings (SSSR count). The molecule has 0 aliphatic carbocycles. The molecule has 1 heterocycles. The summed E-state index contributed by atoms with van der Waals surface area (Å²) in [6, 6.07) is 7.72. The van der Waals surface area contributed by atoms with Gasteiger partial charge >= 0.3 is 6.03 Å². The average Bonchev–Trinajstić information content (AvgIpc) is 2.93. The Balaban J connectivity index is 1.87. The van der Waals surface area contributed by atoms with Crippen LogP contribution < -0.4 is 5.32 Å². The number of rotatable bonds is 5. The fraction of sp³-hybridized carbons (Fsp3) is 0.588. The molecule has 1 aliphatic heterocycles. The Morgan fingerprint density at radius 2 is 2.27 bits per heavy atom. The van der Waals surface area contributed by atoms with Crippen LogP contribution in [0, 0.1) is 5.41 Å². The summed E-state index contributed by atoms with van der Waals surface area (Å²) in [5, 5.41) is 13.0. The third-order valence-electron chi connectivity index (χ3n) is 4.14. The highest BCUT2D eigenvalue weighted by molar-refractivity contribution is 6.30. The molecule has 1 saturated heterocycles. The second kappa shape index (κ2) is 7.34. The highest BCUT2D eigenvalue weighted by Gasteiger charge is 2.29. The molecule has 1 aromatic rings. The van der Waals surface area contributed by atoms with E-state index in [1.54, 1.807) is 4.90 Å². The normalized spacial score (nSPS) is 18.5. The molecule has 0 aromatic heterocycles. The van der Waals surface area contributed by atoms with Crippen molar-refractivity contribution in [3.05, 3.63) is 34.9 Å². The van der Waals surface area contributed by atoms with Gasteiger partial charge in [0.1, 0.15) is 0 Å². The molecule has 1 aromatic carbocycles.